The number of amides is 1. The molecule has 0 bridgehead atoms. The molecular formula is C14H18FNO2. The van der Waals surface area contributed by atoms with E-state index < -0.39 is 0 Å². The zero-order valence-electron chi connectivity index (χ0n) is 10.9. The number of rotatable bonds is 1. The minimum atomic E-state index is -0.338. The lowest BCUT2D eigenvalue weighted by Crippen LogP contribution is -2.50. The summed E-state index contributed by atoms with van der Waals surface area (Å²) in [4.78, 5) is 14.1. The molecule has 1 aromatic rings. The van der Waals surface area contributed by atoms with Crippen molar-refractivity contribution in [1.82, 2.24) is 4.90 Å². The van der Waals surface area contributed by atoms with Crippen molar-refractivity contribution in [2.45, 2.75) is 32.9 Å². The van der Waals surface area contributed by atoms with Gasteiger partial charge in [-0.1, -0.05) is 6.07 Å². The standard InChI is InChI=1S/C14H18FNO2/c1-9-4-5-12(6-13(9)15)14(17)16-7-11(3)18-8-10(16)2/h4-6,10-11H,7-8H2,1-3H3. The molecule has 1 aliphatic heterocycles. The number of carbonyl (C=O) groups excluding carboxylic acids is 1. The molecule has 0 aromatic heterocycles. The van der Waals surface area contributed by atoms with Crippen LogP contribution in [0.15, 0.2) is 18.2 Å². The fourth-order valence-corrected chi connectivity index (χ4v) is 2.08. The van der Waals surface area contributed by atoms with E-state index in [0.29, 0.717) is 24.3 Å². The first-order chi connectivity index (χ1) is 8.49. The average molecular weight is 251 g/mol. The van der Waals surface area contributed by atoms with Crippen molar-refractivity contribution in [1.29, 1.82) is 0 Å². The Balaban J connectivity index is 2.21. The molecule has 4 heteroatoms. The average Bonchev–Trinajstić information content (AvgIpc) is 2.35. The number of aryl methyl sites for hydroxylation is 1. The molecule has 1 saturated heterocycles. The number of ether oxygens (including phenoxy) is 1. The predicted octanol–water partition coefficient (Wildman–Crippen LogP) is 2.38. The summed E-state index contributed by atoms with van der Waals surface area (Å²) in [5.74, 6) is -0.466. The second kappa shape index (κ2) is 5.06. The van der Waals surface area contributed by atoms with Crippen LogP contribution in [-0.2, 0) is 4.74 Å². The van der Waals surface area contributed by atoms with Crippen molar-refractivity contribution in [3.8, 4) is 0 Å². The van der Waals surface area contributed by atoms with E-state index in [4.69, 9.17) is 4.74 Å². The molecule has 3 nitrogen and oxygen atoms in total. The molecule has 0 N–H and O–H groups in total. The summed E-state index contributed by atoms with van der Waals surface area (Å²) >= 11 is 0. The topological polar surface area (TPSA) is 29.5 Å². The SMILES string of the molecule is Cc1ccc(C(=O)N2CC(C)OCC2C)cc1F. The van der Waals surface area contributed by atoms with E-state index in [2.05, 4.69) is 0 Å². The van der Waals surface area contributed by atoms with Gasteiger partial charge in [-0.2, -0.15) is 0 Å². The van der Waals surface area contributed by atoms with Crippen molar-refractivity contribution in [2.24, 2.45) is 0 Å². The summed E-state index contributed by atoms with van der Waals surface area (Å²) in [5, 5.41) is 0. The highest BCUT2D eigenvalue weighted by molar-refractivity contribution is 5.94. The Morgan fingerprint density at radius 3 is 2.83 bits per heavy atom. The molecular weight excluding hydrogens is 233 g/mol. The van der Waals surface area contributed by atoms with Gasteiger partial charge < -0.3 is 9.64 Å². The third-order valence-electron chi connectivity index (χ3n) is 3.29. The fraction of sp³-hybridized carbons (Fsp3) is 0.500. The Morgan fingerprint density at radius 2 is 2.17 bits per heavy atom. The van der Waals surface area contributed by atoms with Crippen LogP contribution in [0.5, 0.6) is 0 Å². The zero-order valence-corrected chi connectivity index (χ0v) is 10.9. The van der Waals surface area contributed by atoms with E-state index in [9.17, 15) is 9.18 Å². The van der Waals surface area contributed by atoms with Gasteiger partial charge in [0, 0.05) is 12.1 Å². The number of hydrogen-bond acceptors (Lipinski definition) is 2. The monoisotopic (exact) mass is 251 g/mol. The smallest absolute Gasteiger partial charge is 0.254 e. The molecule has 0 radical (unpaired) electrons. The Kier molecular flexibility index (Phi) is 3.66. The summed E-state index contributed by atoms with van der Waals surface area (Å²) in [5.41, 5.74) is 0.953. The maximum Gasteiger partial charge on any atom is 0.254 e. The molecule has 1 heterocycles. The zero-order chi connectivity index (χ0) is 13.3. The van der Waals surface area contributed by atoms with E-state index in [1.54, 1.807) is 24.0 Å². The van der Waals surface area contributed by atoms with Gasteiger partial charge in [0.1, 0.15) is 5.82 Å². The molecule has 0 spiro atoms. The molecule has 2 unspecified atom stereocenters. The molecule has 1 fully saturated rings. The summed E-state index contributed by atoms with van der Waals surface area (Å²) in [6, 6.07) is 4.65. The molecule has 1 aromatic carbocycles. The highest BCUT2D eigenvalue weighted by Crippen LogP contribution is 2.17. The van der Waals surface area contributed by atoms with Crippen LogP contribution in [0.25, 0.3) is 0 Å². The van der Waals surface area contributed by atoms with E-state index >= 15 is 0 Å². The normalized spacial score (nSPS) is 24.1. The lowest BCUT2D eigenvalue weighted by atomic mass is 10.1. The number of morpholine rings is 1. The molecule has 1 amide bonds. The molecule has 0 aliphatic carbocycles. The minimum absolute atomic E-state index is 0.0260. The highest BCUT2D eigenvalue weighted by Gasteiger charge is 2.28. The fourth-order valence-electron chi connectivity index (χ4n) is 2.08. The molecule has 1 aliphatic rings. The lowest BCUT2D eigenvalue weighted by molar-refractivity contribution is -0.0387. The number of nitrogens with zero attached hydrogens (tertiary/aromatic N) is 1. The van der Waals surface area contributed by atoms with Crippen molar-refractivity contribution in [2.75, 3.05) is 13.2 Å². The van der Waals surface area contributed by atoms with Crippen LogP contribution in [-0.4, -0.2) is 36.1 Å². The minimum Gasteiger partial charge on any atom is -0.375 e. The first-order valence-electron chi connectivity index (χ1n) is 6.17. The third kappa shape index (κ3) is 2.53. The quantitative estimate of drug-likeness (QED) is 0.767. The van der Waals surface area contributed by atoms with Crippen molar-refractivity contribution >= 4 is 5.91 Å². The van der Waals surface area contributed by atoms with Crippen LogP contribution in [0.2, 0.25) is 0 Å². The van der Waals surface area contributed by atoms with Crippen LogP contribution >= 0.6 is 0 Å². The predicted molar refractivity (Wildman–Crippen MR) is 67.0 cm³/mol. The van der Waals surface area contributed by atoms with Gasteiger partial charge in [0.15, 0.2) is 0 Å². The number of carbonyl (C=O) groups is 1. The summed E-state index contributed by atoms with van der Waals surface area (Å²) < 4.78 is 19.0. The summed E-state index contributed by atoms with van der Waals surface area (Å²) in [6.07, 6.45) is 0.0282. The highest BCUT2D eigenvalue weighted by atomic mass is 19.1. The first-order valence-corrected chi connectivity index (χ1v) is 6.17. The Hall–Kier alpha value is -1.42. The molecule has 18 heavy (non-hydrogen) atoms. The van der Waals surface area contributed by atoms with Gasteiger partial charge in [-0.15, -0.1) is 0 Å². The van der Waals surface area contributed by atoms with Gasteiger partial charge in [0.2, 0.25) is 0 Å². The van der Waals surface area contributed by atoms with E-state index in [0.717, 1.165) is 0 Å². The number of benzene rings is 1. The van der Waals surface area contributed by atoms with E-state index in [1.165, 1.54) is 6.07 Å². The summed E-state index contributed by atoms with van der Waals surface area (Å²) in [6.45, 7) is 6.63. The maximum atomic E-state index is 13.5. The van der Waals surface area contributed by atoms with Crippen LogP contribution in [0.3, 0.4) is 0 Å². The van der Waals surface area contributed by atoms with Gasteiger partial charge >= 0.3 is 0 Å². The second-order valence-electron chi connectivity index (χ2n) is 4.91. The lowest BCUT2D eigenvalue weighted by Gasteiger charge is -2.36. The van der Waals surface area contributed by atoms with Crippen LogP contribution in [0.1, 0.15) is 29.8 Å². The Morgan fingerprint density at radius 1 is 1.44 bits per heavy atom. The molecule has 2 atom stereocenters. The third-order valence-corrected chi connectivity index (χ3v) is 3.29. The van der Waals surface area contributed by atoms with Crippen LogP contribution in [0, 0.1) is 12.7 Å². The Labute approximate surface area is 107 Å². The maximum absolute atomic E-state index is 13.5. The van der Waals surface area contributed by atoms with Gasteiger partial charge in [-0.05, 0) is 38.5 Å². The van der Waals surface area contributed by atoms with Crippen LogP contribution < -0.4 is 0 Å². The molecule has 98 valence electrons. The van der Waals surface area contributed by atoms with Gasteiger partial charge in [0.25, 0.3) is 5.91 Å². The van der Waals surface area contributed by atoms with Gasteiger partial charge in [-0.25, -0.2) is 4.39 Å². The van der Waals surface area contributed by atoms with Crippen molar-refractivity contribution in [3.05, 3.63) is 35.1 Å². The largest absolute Gasteiger partial charge is 0.375 e. The van der Waals surface area contributed by atoms with Crippen LogP contribution in [0.4, 0.5) is 4.39 Å². The van der Waals surface area contributed by atoms with Crippen molar-refractivity contribution < 1.29 is 13.9 Å². The molecule has 0 saturated carbocycles. The summed E-state index contributed by atoms with van der Waals surface area (Å²) in [7, 11) is 0. The van der Waals surface area contributed by atoms with Gasteiger partial charge in [-0.3, -0.25) is 4.79 Å². The number of halogens is 1. The van der Waals surface area contributed by atoms with Gasteiger partial charge in [0.05, 0.1) is 18.8 Å². The number of hydrogen-bond donors (Lipinski definition) is 0. The van der Waals surface area contributed by atoms with E-state index in [-0.39, 0.29) is 23.9 Å². The Bertz CT molecular complexity index is 461. The van der Waals surface area contributed by atoms with Crippen molar-refractivity contribution in [3.63, 3.8) is 0 Å². The second-order valence-corrected chi connectivity index (χ2v) is 4.91. The van der Waals surface area contributed by atoms with E-state index in [1.807, 2.05) is 13.8 Å². The first kappa shape index (κ1) is 13.0. The molecule has 2 rings (SSSR count).